The lowest BCUT2D eigenvalue weighted by Gasteiger charge is -2.22. The molecule has 0 spiro atoms. The van der Waals surface area contributed by atoms with Crippen molar-refractivity contribution in [1.29, 1.82) is 0 Å². The lowest BCUT2D eigenvalue weighted by Crippen LogP contribution is -2.22. The van der Waals surface area contributed by atoms with Gasteiger partial charge in [-0.1, -0.05) is 29.8 Å². The number of hydrogen-bond donors (Lipinski definition) is 2. The summed E-state index contributed by atoms with van der Waals surface area (Å²) in [7, 11) is -3.90. The minimum atomic E-state index is -3.90. The molecule has 4 aromatic heterocycles. The molecule has 0 bridgehead atoms. The van der Waals surface area contributed by atoms with Crippen molar-refractivity contribution < 1.29 is 13.2 Å². The SMILES string of the molecule is Cc1ccc(S(=O)(=O)n2cc(-c3ccc4ncc(NCC5CCOCC5)cc4c3)c3cc(CNCc4cccnc4)cnc32)cc1. The van der Waals surface area contributed by atoms with Gasteiger partial charge in [-0.3, -0.25) is 9.97 Å². The minimum absolute atomic E-state index is 0.216. The second kappa shape index (κ2) is 13.0. The average Bonchev–Trinajstić information content (AvgIpc) is 3.48. The first kappa shape index (κ1) is 30.0. The van der Waals surface area contributed by atoms with Crippen LogP contribution in [0, 0.1) is 12.8 Å². The Morgan fingerprint density at radius 1 is 0.913 bits per heavy atom. The van der Waals surface area contributed by atoms with Gasteiger partial charge in [0.25, 0.3) is 10.0 Å². The molecule has 1 fully saturated rings. The molecular weight excluding hydrogens is 597 g/mol. The molecule has 0 atom stereocenters. The van der Waals surface area contributed by atoms with Gasteiger partial charge in [0.1, 0.15) is 0 Å². The number of anilines is 1. The van der Waals surface area contributed by atoms with Gasteiger partial charge in [0.2, 0.25) is 0 Å². The fourth-order valence-corrected chi connectivity index (χ4v) is 7.24. The molecule has 9 nitrogen and oxygen atoms in total. The number of nitrogens with zero attached hydrogens (tertiary/aromatic N) is 4. The van der Waals surface area contributed by atoms with Crippen molar-refractivity contribution in [1.82, 2.24) is 24.2 Å². The van der Waals surface area contributed by atoms with E-state index in [1.54, 1.807) is 30.7 Å². The van der Waals surface area contributed by atoms with Gasteiger partial charge >= 0.3 is 0 Å². The molecule has 0 aliphatic carbocycles. The monoisotopic (exact) mass is 632 g/mol. The van der Waals surface area contributed by atoms with Gasteiger partial charge < -0.3 is 15.4 Å². The molecule has 0 amide bonds. The van der Waals surface area contributed by atoms with Gasteiger partial charge in [-0.25, -0.2) is 17.4 Å². The molecule has 7 rings (SSSR count). The highest BCUT2D eigenvalue weighted by Gasteiger charge is 2.23. The van der Waals surface area contributed by atoms with Gasteiger partial charge in [-0.05, 0) is 84.8 Å². The van der Waals surface area contributed by atoms with Crippen LogP contribution in [-0.2, 0) is 27.8 Å². The number of pyridine rings is 3. The largest absolute Gasteiger partial charge is 0.384 e. The summed E-state index contributed by atoms with van der Waals surface area (Å²) in [4.78, 5) is 13.8. The Kier molecular flexibility index (Phi) is 8.49. The highest BCUT2D eigenvalue weighted by molar-refractivity contribution is 7.90. The number of fused-ring (bicyclic) bond motifs is 2. The summed E-state index contributed by atoms with van der Waals surface area (Å²) in [6.45, 7) is 5.67. The highest BCUT2D eigenvalue weighted by atomic mass is 32.2. The highest BCUT2D eigenvalue weighted by Crippen LogP contribution is 2.34. The molecular formula is C36H36N6O3S. The maximum Gasteiger partial charge on any atom is 0.269 e. The molecule has 6 aromatic rings. The molecule has 5 heterocycles. The Bertz CT molecular complexity index is 2090. The van der Waals surface area contributed by atoms with E-state index in [4.69, 9.17) is 14.7 Å². The van der Waals surface area contributed by atoms with Gasteiger partial charge in [0, 0.05) is 74.0 Å². The van der Waals surface area contributed by atoms with Crippen LogP contribution in [0.4, 0.5) is 5.69 Å². The molecule has 234 valence electrons. The summed E-state index contributed by atoms with van der Waals surface area (Å²) in [5, 5.41) is 8.74. The van der Waals surface area contributed by atoms with Crippen LogP contribution in [0.2, 0.25) is 0 Å². The van der Waals surface area contributed by atoms with E-state index >= 15 is 0 Å². The number of benzene rings is 2. The number of hydrogen-bond acceptors (Lipinski definition) is 8. The summed E-state index contributed by atoms with van der Waals surface area (Å²) in [6.07, 6.45) is 11.0. The van der Waals surface area contributed by atoms with Crippen molar-refractivity contribution in [3.8, 4) is 11.1 Å². The third-order valence-electron chi connectivity index (χ3n) is 8.56. The summed E-state index contributed by atoms with van der Waals surface area (Å²) in [6, 6.07) is 21.0. The Labute approximate surface area is 268 Å². The van der Waals surface area contributed by atoms with E-state index in [1.807, 2.05) is 61.8 Å². The molecule has 10 heteroatoms. The van der Waals surface area contributed by atoms with Crippen molar-refractivity contribution >= 4 is 37.6 Å². The van der Waals surface area contributed by atoms with Crippen molar-refractivity contribution in [3.63, 3.8) is 0 Å². The third kappa shape index (κ3) is 6.37. The van der Waals surface area contributed by atoms with E-state index in [1.165, 1.54) is 3.97 Å². The van der Waals surface area contributed by atoms with Crippen LogP contribution >= 0.6 is 0 Å². The van der Waals surface area contributed by atoms with Crippen molar-refractivity contribution in [2.24, 2.45) is 5.92 Å². The van der Waals surface area contributed by atoms with Crippen LogP contribution < -0.4 is 10.6 Å². The topological polar surface area (TPSA) is 111 Å². The van der Waals surface area contributed by atoms with E-state index in [0.717, 1.165) is 82.4 Å². The summed E-state index contributed by atoms with van der Waals surface area (Å²) in [5.41, 5.74) is 6.92. The minimum Gasteiger partial charge on any atom is -0.384 e. The second-order valence-corrected chi connectivity index (χ2v) is 13.7. The third-order valence-corrected chi connectivity index (χ3v) is 10.2. The quantitative estimate of drug-likeness (QED) is 0.181. The van der Waals surface area contributed by atoms with Gasteiger partial charge in [-0.15, -0.1) is 0 Å². The predicted octanol–water partition coefficient (Wildman–Crippen LogP) is 6.32. The number of rotatable bonds is 10. The first-order valence-electron chi connectivity index (χ1n) is 15.6. The smallest absolute Gasteiger partial charge is 0.269 e. The van der Waals surface area contributed by atoms with Crippen molar-refractivity contribution in [2.75, 3.05) is 25.1 Å². The van der Waals surface area contributed by atoms with E-state index in [9.17, 15) is 8.42 Å². The molecule has 0 saturated carbocycles. The molecule has 1 saturated heterocycles. The Hall–Kier alpha value is -4.64. The summed E-state index contributed by atoms with van der Waals surface area (Å²) >= 11 is 0. The summed E-state index contributed by atoms with van der Waals surface area (Å²) < 4.78 is 34.7. The fraction of sp³-hybridized carbons (Fsp3) is 0.250. The van der Waals surface area contributed by atoms with Crippen LogP contribution in [0.5, 0.6) is 0 Å². The molecule has 1 aliphatic heterocycles. The second-order valence-electron chi connectivity index (χ2n) is 11.9. The number of aromatic nitrogens is 4. The first-order valence-corrected chi connectivity index (χ1v) is 17.0. The zero-order valence-corrected chi connectivity index (χ0v) is 26.5. The molecule has 0 radical (unpaired) electrons. The van der Waals surface area contributed by atoms with E-state index in [2.05, 4.69) is 27.8 Å². The van der Waals surface area contributed by atoms with Crippen LogP contribution in [0.3, 0.4) is 0 Å². The van der Waals surface area contributed by atoms with Crippen molar-refractivity contribution in [2.45, 2.75) is 37.8 Å². The van der Waals surface area contributed by atoms with Crippen LogP contribution in [0.15, 0.2) is 103 Å². The molecule has 46 heavy (non-hydrogen) atoms. The molecule has 0 unspecified atom stereocenters. The Morgan fingerprint density at radius 3 is 2.54 bits per heavy atom. The Balaban J connectivity index is 1.25. The van der Waals surface area contributed by atoms with Gasteiger partial charge in [0.15, 0.2) is 5.65 Å². The fourth-order valence-electron chi connectivity index (χ4n) is 5.92. The molecule has 2 aromatic carbocycles. The molecule has 1 aliphatic rings. The van der Waals surface area contributed by atoms with Gasteiger partial charge in [-0.2, -0.15) is 0 Å². The molecule has 2 N–H and O–H groups in total. The lowest BCUT2D eigenvalue weighted by atomic mass is 10.0. The van der Waals surface area contributed by atoms with Crippen molar-refractivity contribution in [3.05, 3.63) is 114 Å². The van der Waals surface area contributed by atoms with E-state index in [0.29, 0.717) is 24.7 Å². The normalized spacial score (nSPS) is 14.2. The van der Waals surface area contributed by atoms with Crippen LogP contribution in [0.25, 0.3) is 33.1 Å². The van der Waals surface area contributed by atoms with Crippen LogP contribution in [-0.4, -0.2) is 47.1 Å². The Morgan fingerprint density at radius 2 is 1.74 bits per heavy atom. The first-order chi connectivity index (χ1) is 22.4. The zero-order chi connectivity index (χ0) is 31.5. The number of ether oxygens (including phenoxy) is 1. The average molecular weight is 633 g/mol. The predicted molar refractivity (Wildman–Crippen MR) is 181 cm³/mol. The van der Waals surface area contributed by atoms with E-state index in [-0.39, 0.29) is 4.90 Å². The van der Waals surface area contributed by atoms with E-state index < -0.39 is 10.0 Å². The van der Waals surface area contributed by atoms with Crippen LogP contribution in [0.1, 0.15) is 29.5 Å². The maximum atomic E-state index is 14.0. The number of aryl methyl sites for hydroxylation is 1. The van der Waals surface area contributed by atoms with Gasteiger partial charge in [0.05, 0.1) is 22.3 Å². The standard InChI is InChI=1S/C36H36N6O3S/c1-25-4-7-32(8-5-25)46(43,44)42-24-34(33-15-28(22-41-36(33)42)20-38-19-27-3-2-12-37-18-27)29-6-9-35-30(16-29)17-31(23-40-35)39-21-26-10-13-45-14-11-26/h2-9,12,15-18,22-24,26,38-39H,10-11,13-14,19-21H2,1H3. The number of nitrogens with one attached hydrogen (secondary N) is 2. The zero-order valence-electron chi connectivity index (χ0n) is 25.7. The lowest BCUT2D eigenvalue weighted by molar-refractivity contribution is 0.0699. The maximum absolute atomic E-state index is 14.0. The summed E-state index contributed by atoms with van der Waals surface area (Å²) in [5.74, 6) is 0.581.